The van der Waals surface area contributed by atoms with E-state index in [1.807, 2.05) is 7.05 Å². The highest BCUT2D eigenvalue weighted by Gasteiger charge is 2.30. The Morgan fingerprint density at radius 3 is 2.26 bits per heavy atom. The van der Waals surface area contributed by atoms with Crippen LogP contribution in [0.1, 0.15) is 33.6 Å². The minimum atomic E-state index is 0.313. The lowest BCUT2D eigenvalue weighted by Gasteiger charge is -2.42. The Hall–Kier alpha value is -0.160. The lowest BCUT2D eigenvalue weighted by Crippen LogP contribution is -2.54. The van der Waals surface area contributed by atoms with Crippen LogP contribution in [0.25, 0.3) is 0 Å². The number of rotatable bonds is 4. The van der Waals surface area contributed by atoms with Crippen molar-refractivity contribution in [3.63, 3.8) is 0 Å². The van der Waals surface area contributed by atoms with Gasteiger partial charge >= 0.3 is 0 Å². The van der Waals surface area contributed by atoms with Crippen molar-refractivity contribution >= 4 is 0 Å². The van der Waals surface area contributed by atoms with Crippen LogP contribution in [0.3, 0.4) is 0 Å². The van der Waals surface area contributed by atoms with E-state index in [1.54, 1.807) is 0 Å². The normalized spacial score (nSPS) is 30.9. The molecule has 0 radical (unpaired) electrons. The number of hydrogen-bond acceptors (Lipinski definition) is 4. The molecule has 2 atom stereocenters. The van der Waals surface area contributed by atoms with Crippen LogP contribution >= 0.6 is 0 Å². The number of ether oxygens (including phenoxy) is 1. The third-order valence-corrected chi connectivity index (χ3v) is 4.41. The van der Waals surface area contributed by atoms with E-state index in [9.17, 15) is 0 Å². The van der Waals surface area contributed by atoms with Gasteiger partial charge in [-0.15, -0.1) is 0 Å². The van der Waals surface area contributed by atoms with Gasteiger partial charge < -0.3 is 10.1 Å². The Morgan fingerprint density at radius 1 is 1.05 bits per heavy atom. The van der Waals surface area contributed by atoms with Crippen LogP contribution in [-0.2, 0) is 4.74 Å². The first kappa shape index (κ1) is 15.2. The van der Waals surface area contributed by atoms with Crippen LogP contribution in [0.2, 0.25) is 0 Å². The Morgan fingerprint density at radius 2 is 1.68 bits per heavy atom. The molecule has 0 aromatic heterocycles. The monoisotopic (exact) mass is 269 g/mol. The Bertz CT molecular complexity index is 269. The number of nitrogens with one attached hydrogen (secondary N) is 1. The molecule has 2 rings (SSSR count). The minimum Gasteiger partial charge on any atom is -0.372 e. The average molecular weight is 269 g/mol. The van der Waals surface area contributed by atoms with Crippen molar-refractivity contribution in [2.24, 2.45) is 0 Å². The van der Waals surface area contributed by atoms with Gasteiger partial charge in [0.25, 0.3) is 0 Å². The zero-order valence-corrected chi connectivity index (χ0v) is 13.1. The molecule has 2 fully saturated rings. The highest BCUT2D eigenvalue weighted by molar-refractivity contribution is 4.84. The molecule has 0 saturated carbocycles. The van der Waals surface area contributed by atoms with E-state index in [1.165, 1.54) is 39.0 Å². The molecule has 4 nitrogen and oxygen atoms in total. The van der Waals surface area contributed by atoms with Crippen LogP contribution in [0.5, 0.6) is 0 Å². The third-order valence-electron chi connectivity index (χ3n) is 4.41. The maximum atomic E-state index is 6.08. The van der Waals surface area contributed by atoms with Crippen molar-refractivity contribution in [2.75, 3.05) is 46.3 Å². The topological polar surface area (TPSA) is 27.7 Å². The van der Waals surface area contributed by atoms with E-state index in [2.05, 4.69) is 35.9 Å². The zero-order valence-electron chi connectivity index (χ0n) is 13.1. The standard InChI is InChI=1S/C15H31N3O/c1-15(2,3)18-9-7-17(8-10-18)12-14-6-5-13(19-14)11-16-4/h13-14,16H,5-12H2,1-4H3. The summed E-state index contributed by atoms with van der Waals surface area (Å²) in [5.74, 6) is 0. The maximum Gasteiger partial charge on any atom is 0.0707 e. The summed E-state index contributed by atoms with van der Waals surface area (Å²) < 4.78 is 6.08. The van der Waals surface area contributed by atoms with Crippen molar-refractivity contribution in [1.82, 2.24) is 15.1 Å². The molecule has 2 heterocycles. The largest absolute Gasteiger partial charge is 0.372 e. The molecule has 4 heteroatoms. The van der Waals surface area contributed by atoms with E-state index in [0.717, 1.165) is 13.1 Å². The van der Waals surface area contributed by atoms with Crippen LogP contribution in [-0.4, -0.2) is 73.9 Å². The van der Waals surface area contributed by atoms with Gasteiger partial charge in [0.05, 0.1) is 12.2 Å². The fourth-order valence-corrected chi connectivity index (χ4v) is 3.18. The van der Waals surface area contributed by atoms with E-state index in [-0.39, 0.29) is 0 Å². The molecule has 112 valence electrons. The van der Waals surface area contributed by atoms with Crippen molar-refractivity contribution in [2.45, 2.75) is 51.4 Å². The molecular formula is C15H31N3O. The van der Waals surface area contributed by atoms with Crippen molar-refractivity contribution in [3.8, 4) is 0 Å². The molecule has 2 saturated heterocycles. The van der Waals surface area contributed by atoms with Gasteiger partial charge in [-0.1, -0.05) is 0 Å². The molecule has 0 aromatic carbocycles. The predicted octanol–water partition coefficient (Wildman–Crippen LogP) is 1.17. The summed E-state index contributed by atoms with van der Waals surface area (Å²) >= 11 is 0. The summed E-state index contributed by atoms with van der Waals surface area (Å²) in [6, 6.07) is 0. The Kier molecular flexibility index (Phi) is 5.23. The number of piperazine rings is 1. The Balaban J connectivity index is 1.69. The second-order valence-electron chi connectivity index (χ2n) is 6.97. The molecule has 0 bridgehead atoms. The molecule has 0 aromatic rings. The highest BCUT2D eigenvalue weighted by Crippen LogP contribution is 2.21. The van der Waals surface area contributed by atoms with Gasteiger partial charge in [0.2, 0.25) is 0 Å². The number of likely N-dealkylation sites (N-methyl/N-ethyl adjacent to an activating group) is 1. The summed E-state index contributed by atoms with van der Waals surface area (Å²) in [5.41, 5.74) is 0.313. The molecule has 2 aliphatic heterocycles. The van der Waals surface area contributed by atoms with Crippen LogP contribution < -0.4 is 5.32 Å². The lowest BCUT2D eigenvalue weighted by atomic mass is 10.0. The summed E-state index contributed by atoms with van der Waals surface area (Å²) in [6.07, 6.45) is 3.34. The van der Waals surface area contributed by atoms with Gasteiger partial charge in [0.1, 0.15) is 0 Å². The summed E-state index contributed by atoms with van der Waals surface area (Å²) in [4.78, 5) is 5.16. The zero-order chi connectivity index (χ0) is 13.9. The lowest BCUT2D eigenvalue weighted by molar-refractivity contribution is 0.00234. The van der Waals surface area contributed by atoms with Crippen LogP contribution in [0.4, 0.5) is 0 Å². The van der Waals surface area contributed by atoms with Crippen molar-refractivity contribution in [3.05, 3.63) is 0 Å². The fourth-order valence-electron chi connectivity index (χ4n) is 3.18. The van der Waals surface area contributed by atoms with Gasteiger partial charge in [-0.2, -0.15) is 0 Å². The molecule has 2 unspecified atom stereocenters. The van der Waals surface area contributed by atoms with Gasteiger partial charge in [-0.25, -0.2) is 0 Å². The third kappa shape index (κ3) is 4.42. The van der Waals surface area contributed by atoms with Gasteiger partial charge in [0, 0.05) is 44.8 Å². The van der Waals surface area contributed by atoms with E-state index >= 15 is 0 Å². The van der Waals surface area contributed by atoms with E-state index in [0.29, 0.717) is 17.7 Å². The fraction of sp³-hybridized carbons (Fsp3) is 1.00. The van der Waals surface area contributed by atoms with Crippen molar-refractivity contribution in [1.29, 1.82) is 0 Å². The van der Waals surface area contributed by atoms with Crippen LogP contribution in [0, 0.1) is 0 Å². The summed E-state index contributed by atoms with van der Waals surface area (Å²) in [6.45, 7) is 13.8. The molecular weight excluding hydrogens is 238 g/mol. The molecule has 0 amide bonds. The average Bonchev–Trinajstić information content (AvgIpc) is 2.77. The van der Waals surface area contributed by atoms with Gasteiger partial charge in [-0.05, 0) is 40.7 Å². The first-order valence-electron chi connectivity index (χ1n) is 7.76. The smallest absolute Gasteiger partial charge is 0.0707 e. The predicted molar refractivity (Wildman–Crippen MR) is 79.6 cm³/mol. The van der Waals surface area contributed by atoms with E-state index in [4.69, 9.17) is 4.74 Å². The number of nitrogens with zero attached hydrogens (tertiary/aromatic N) is 2. The van der Waals surface area contributed by atoms with Crippen molar-refractivity contribution < 1.29 is 4.74 Å². The number of hydrogen-bond donors (Lipinski definition) is 1. The quantitative estimate of drug-likeness (QED) is 0.829. The molecule has 2 aliphatic rings. The summed E-state index contributed by atoms with van der Waals surface area (Å²) in [5, 5.41) is 3.21. The Labute approximate surface area is 118 Å². The van der Waals surface area contributed by atoms with Gasteiger partial charge in [-0.3, -0.25) is 9.80 Å². The highest BCUT2D eigenvalue weighted by atomic mass is 16.5. The molecule has 0 spiro atoms. The first-order chi connectivity index (χ1) is 8.99. The first-order valence-corrected chi connectivity index (χ1v) is 7.76. The maximum absolute atomic E-state index is 6.08. The molecule has 19 heavy (non-hydrogen) atoms. The summed E-state index contributed by atoms with van der Waals surface area (Å²) in [7, 11) is 2.00. The minimum absolute atomic E-state index is 0.313. The second kappa shape index (κ2) is 6.53. The van der Waals surface area contributed by atoms with E-state index < -0.39 is 0 Å². The second-order valence-corrected chi connectivity index (χ2v) is 6.97. The molecule has 0 aliphatic carbocycles. The van der Waals surface area contributed by atoms with Crippen LogP contribution in [0.15, 0.2) is 0 Å². The SMILES string of the molecule is CNCC1CCC(CN2CCN(C(C)(C)C)CC2)O1. The molecule has 1 N–H and O–H groups in total. The van der Waals surface area contributed by atoms with Gasteiger partial charge in [0.15, 0.2) is 0 Å².